The van der Waals surface area contributed by atoms with Gasteiger partial charge in [0, 0.05) is 25.3 Å². The molecule has 0 atom stereocenters. The molecule has 0 aromatic carbocycles. The zero-order chi connectivity index (χ0) is 20.7. The molecule has 28 heavy (non-hydrogen) atoms. The minimum atomic E-state index is -0.942. The highest BCUT2D eigenvalue weighted by Crippen LogP contribution is 2.23. The van der Waals surface area contributed by atoms with Gasteiger partial charge in [-0.2, -0.15) is 0 Å². The number of nitrogens with one attached hydrogen (secondary N) is 2. The Labute approximate surface area is 164 Å². The summed E-state index contributed by atoms with van der Waals surface area (Å²) in [5.74, 6) is -1.32. The number of anilines is 2. The van der Waals surface area contributed by atoms with E-state index in [1.807, 2.05) is 20.8 Å². The largest absolute Gasteiger partial charge is 0.459 e. The Kier molecular flexibility index (Phi) is 7.19. The van der Waals surface area contributed by atoms with Gasteiger partial charge in [0.05, 0.1) is 12.3 Å². The normalized spacial score (nSPS) is 14.9. The maximum absolute atomic E-state index is 12.2. The van der Waals surface area contributed by atoms with E-state index in [1.165, 1.54) is 0 Å². The van der Waals surface area contributed by atoms with Crippen LogP contribution in [0.2, 0.25) is 0 Å². The van der Waals surface area contributed by atoms with Gasteiger partial charge < -0.3 is 25.0 Å². The number of carbonyl (C=O) groups is 3. The zero-order valence-electron chi connectivity index (χ0n) is 16.8. The molecule has 2 heterocycles. The van der Waals surface area contributed by atoms with Crippen LogP contribution in [0.5, 0.6) is 0 Å². The molecule has 0 unspecified atom stereocenters. The molecule has 1 aromatic heterocycles. The van der Waals surface area contributed by atoms with Crippen LogP contribution in [0.1, 0.15) is 40.5 Å². The number of pyridine rings is 1. The van der Waals surface area contributed by atoms with E-state index in [2.05, 4.69) is 15.6 Å². The summed E-state index contributed by atoms with van der Waals surface area (Å²) in [5, 5.41) is 5.79. The Hall–Kier alpha value is -2.84. The molecule has 0 radical (unpaired) electrons. The molecule has 2 N–H and O–H groups in total. The second-order valence-electron chi connectivity index (χ2n) is 7.46. The fraction of sp³-hybridized carbons (Fsp3) is 0.579. The van der Waals surface area contributed by atoms with Crippen LogP contribution in [0.25, 0.3) is 0 Å². The third-order valence-electron chi connectivity index (χ3n) is 4.00. The number of piperidine rings is 1. The van der Waals surface area contributed by atoms with Gasteiger partial charge in [-0.3, -0.25) is 4.79 Å². The molecule has 1 aliphatic rings. The van der Waals surface area contributed by atoms with E-state index in [0.29, 0.717) is 37.4 Å². The Morgan fingerprint density at radius 3 is 2.54 bits per heavy atom. The highest BCUT2D eigenvalue weighted by molar-refractivity contribution is 6.37. The van der Waals surface area contributed by atoms with Crippen LogP contribution in [0, 0.1) is 0 Å². The van der Waals surface area contributed by atoms with Gasteiger partial charge in [-0.05, 0) is 52.7 Å². The van der Waals surface area contributed by atoms with Gasteiger partial charge in [-0.1, -0.05) is 0 Å². The predicted octanol–water partition coefficient (Wildman–Crippen LogP) is 2.39. The van der Waals surface area contributed by atoms with Gasteiger partial charge in [0.25, 0.3) is 0 Å². The number of rotatable bonds is 4. The number of nitrogens with zero attached hydrogens (tertiary/aromatic N) is 2. The maximum atomic E-state index is 12.2. The Balaban J connectivity index is 1.92. The minimum Gasteiger partial charge on any atom is -0.459 e. The molecule has 9 heteroatoms. The lowest BCUT2D eigenvalue weighted by Crippen LogP contribution is -2.44. The average Bonchev–Trinajstić information content (AvgIpc) is 2.62. The van der Waals surface area contributed by atoms with Gasteiger partial charge >= 0.3 is 18.0 Å². The first-order chi connectivity index (χ1) is 13.2. The van der Waals surface area contributed by atoms with Crippen LogP contribution in [-0.4, -0.2) is 59.2 Å². The van der Waals surface area contributed by atoms with Crippen molar-refractivity contribution in [2.24, 2.45) is 0 Å². The summed E-state index contributed by atoms with van der Waals surface area (Å²) < 4.78 is 10.1. The smallest absolute Gasteiger partial charge is 0.410 e. The standard InChI is InChI=1S/C19H28N4O5/c1-5-27-17(25)16(24)22-14-7-6-10-20-15(14)21-13-8-11-23(12-9-13)18(26)28-19(2,3)4/h6-7,10,13H,5,8-9,11-12H2,1-4H3,(H,20,21)(H,22,24). The van der Waals surface area contributed by atoms with E-state index in [1.54, 1.807) is 30.2 Å². The molecule has 1 aromatic rings. The summed E-state index contributed by atoms with van der Waals surface area (Å²) in [5.41, 5.74) is -0.123. The number of aromatic nitrogens is 1. The molecule has 0 saturated carbocycles. The van der Waals surface area contributed by atoms with Crippen molar-refractivity contribution in [2.45, 2.75) is 52.2 Å². The van der Waals surface area contributed by atoms with Crippen LogP contribution < -0.4 is 10.6 Å². The first kappa shape index (κ1) is 21.5. The Morgan fingerprint density at radius 2 is 1.93 bits per heavy atom. The van der Waals surface area contributed by atoms with Gasteiger partial charge in [-0.15, -0.1) is 0 Å². The summed E-state index contributed by atoms with van der Waals surface area (Å²) >= 11 is 0. The minimum absolute atomic E-state index is 0.0758. The van der Waals surface area contributed by atoms with Crippen molar-refractivity contribution in [1.29, 1.82) is 0 Å². The predicted molar refractivity (Wildman–Crippen MR) is 104 cm³/mol. The average molecular weight is 392 g/mol. The molecule has 1 saturated heterocycles. The van der Waals surface area contributed by atoms with E-state index in [-0.39, 0.29) is 18.7 Å². The molecule has 1 aliphatic heterocycles. The van der Waals surface area contributed by atoms with E-state index in [9.17, 15) is 14.4 Å². The maximum Gasteiger partial charge on any atom is 0.410 e. The quantitative estimate of drug-likeness (QED) is 0.598. The lowest BCUT2D eigenvalue weighted by Gasteiger charge is -2.34. The molecule has 1 fully saturated rings. The summed E-state index contributed by atoms with van der Waals surface area (Å²) in [6.07, 6.45) is 2.70. The van der Waals surface area contributed by atoms with Gasteiger partial charge in [0.15, 0.2) is 0 Å². The van der Waals surface area contributed by atoms with Crippen LogP contribution in [0.15, 0.2) is 18.3 Å². The number of amides is 2. The second kappa shape index (κ2) is 9.38. The van der Waals surface area contributed by atoms with Gasteiger partial charge in [0.2, 0.25) is 0 Å². The first-order valence-corrected chi connectivity index (χ1v) is 9.37. The van der Waals surface area contributed by atoms with Crippen molar-refractivity contribution >= 4 is 29.5 Å². The summed E-state index contributed by atoms with van der Waals surface area (Å²) in [6, 6.07) is 3.39. The number of hydrogen-bond donors (Lipinski definition) is 2. The Bertz CT molecular complexity index is 709. The zero-order valence-corrected chi connectivity index (χ0v) is 16.8. The summed E-state index contributed by atoms with van der Waals surface area (Å²) in [7, 11) is 0. The highest BCUT2D eigenvalue weighted by Gasteiger charge is 2.27. The van der Waals surface area contributed by atoms with Crippen LogP contribution >= 0.6 is 0 Å². The molecule has 9 nitrogen and oxygen atoms in total. The van der Waals surface area contributed by atoms with E-state index >= 15 is 0 Å². The number of hydrogen-bond acceptors (Lipinski definition) is 7. The van der Waals surface area contributed by atoms with Crippen LogP contribution in [-0.2, 0) is 19.1 Å². The first-order valence-electron chi connectivity index (χ1n) is 9.37. The topological polar surface area (TPSA) is 110 Å². The monoisotopic (exact) mass is 392 g/mol. The third-order valence-corrected chi connectivity index (χ3v) is 4.00. The SMILES string of the molecule is CCOC(=O)C(=O)Nc1cccnc1NC1CCN(C(=O)OC(C)(C)C)CC1. The molecule has 2 amide bonds. The molecule has 2 rings (SSSR count). The fourth-order valence-corrected chi connectivity index (χ4v) is 2.72. The van der Waals surface area contributed by atoms with Crippen molar-refractivity contribution in [3.63, 3.8) is 0 Å². The lowest BCUT2D eigenvalue weighted by molar-refractivity contribution is -0.152. The highest BCUT2D eigenvalue weighted by atomic mass is 16.6. The van der Waals surface area contributed by atoms with E-state index in [4.69, 9.17) is 9.47 Å². The van der Waals surface area contributed by atoms with Crippen LogP contribution in [0.3, 0.4) is 0 Å². The molecule has 0 aliphatic carbocycles. The van der Waals surface area contributed by atoms with Gasteiger partial charge in [0.1, 0.15) is 11.4 Å². The summed E-state index contributed by atoms with van der Waals surface area (Å²) in [6.45, 7) is 8.39. The number of ether oxygens (including phenoxy) is 2. The fourth-order valence-electron chi connectivity index (χ4n) is 2.72. The van der Waals surface area contributed by atoms with E-state index in [0.717, 1.165) is 0 Å². The van der Waals surface area contributed by atoms with Crippen molar-refractivity contribution in [1.82, 2.24) is 9.88 Å². The molecule has 0 bridgehead atoms. The molecular formula is C19H28N4O5. The second-order valence-corrected chi connectivity index (χ2v) is 7.46. The summed E-state index contributed by atoms with van der Waals surface area (Å²) in [4.78, 5) is 41.5. The van der Waals surface area contributed by atoms with Gasteiger partial charge in [-0.25, -0.2) is 14.6 Å². The van der Waals surface area contributed by atoms with Crippen molar-refractivity contribution in [3.8, 4) is 0 Å². The Morgan fingerprint density at radius 1 is 1.25 bits per heavy atom. The van der Waals surface area contributed by atoms with Crippen LogP contribution in [0.4, 0.5) is 16.3 Å². The molecular weight excluding hydrogens is 364 g/mol. The van der Waals surface area contributed by atoms with Crippen molar-refractivity contribution in [3.05, 3.63) is 18.3 Å². The number of carbonyl (C=O) groups excluding carboxylic acids is 3. The lowest BCUT2D eigenvalue weighted by atomic mass is 10.1. The number of esters is 1. The van der Waals surface area contributed by atoms with Crippen molar-refractivity contribution < 1.29 is 23.9 Å². The number of likely N-dealkylation sites (tertiary alicyclic amines) is 1. The molecule has 0 spiro atoms. The third kappa shape index (κ3) is 6.40. The van der Waals surface area contributed by atoms with Crippen molar-refractivity contribution in [2.75, 3.05) is 30.3 Å². The molecule has 154 valence electrons. The van der Waals surface area contributed by atoms with E-state index < -0.39 is 17.5 Å².